The van der Waals surface area contributed by atoms with Gasteiger partial charge < -0.3 is 0 Å². The highest BCUT2D eigenvalue weighted by Crippen LogP contribution is 2.28. The van der Waals surface area contributed by atoms with Crippen LogP contribution in [-0.4, -0.2) is 15.6 Å². The van der Waals surface area contributed by atoms with E-state index in [2.05, 4.69) is 17.5 Å². The second-order valence-corrected chi connectivity index (χ2v) is 6.75. The molecule has 0 aliphatic heterocycles. The molecule has 8 heteroatoms. The van der Waals surface area contributed by atoms with Gasteiger partial charge in [0, 0.05) is 11.8 Å². The molecule has 27 heavy (non-hydrogen) atoms. The van der Waals surface area contributed by atoms with Gasteiger partial charge in [-0.3, -0.25) is 25.7 Å². The molecule has 0 saturated heterocycles. The largest absolute Gasteiger partial charge is 0.301 e. The summed E-state index contributed by atoms with van der Waals surface area (Å²) in [5.74, 6) is 0. The standard InChI is InChI=1S/C19H30N4O4/c1-3-4-5-6-7-8-9-10-11-12-16(2)20-21-18-14-13-17(22(24)25)15-19(18)23(26)27/h13-15,21H,3-12H2,1-2H3/b20-16-. The molecule has 0 amide bonds. The molecule has 1 aromatic carbocycles. The molecule has 150 valence electrons. The van der Waals surface area contributed by atoms with Crippen molar-refractivity contribution in [2.24, 2.45) is 5.10 Å². The number of benzene rings is 1. The highest BCUT2D eigenvalue weighted by Gasteiger charge is 2.19. The van der Waals surface area contributed by atoms with E-state index in [0.717, 1.165) is 31.0 Å². The molecule has 0 heterocycles. The Morgan fingerprint density at radius 3 is 2.11 bits per heavy atom. The molecule has 0 atom stereocenters. The van der Waals surface area contributed by atoms with Gasteiger partial charge in [0.25, 0.3) is 5.69 Å². The van der Waals surface area contributed by atoms with Gasteiger partial charge in [-0.2, -0.15) is 5.10 Å². The number of rotatable bonds is 14. The molecule has 1 aromatic rings. The van der Waals surface area contributed by atoms with Gasteiger partial charge in [-0.15, -0.1) is 0 Å². The average Bonchev–Trinajstić information content (AvgIpc) is 2.64. The first-order chi connectivity index (χ1) is 13.0. The first-order valence-electron chi connectivity index (χ1n) is 9.67. The SMILES string of the molecule is CCCCCCCCCCC/C(C)=N\Nc1ccc([N+](=O)[O-])cc1[N+](=O)[O-]. The lowest BCUT2D eigenvalue weighted by Gasteiger charge is -2.05. The second-order valence-electron chi connectivity index (χ2n) is 6.75. The van der Waals surface area contributed by atoms with Crippen LogP contribution in [0.2, 0.25) is 0 Å². The van der Waals surface area contributed by atoms with Crippen LogP contribution in [-0.2, 0) is 0 Å². The molecule has 0 aromatic heterocycles. The maximum absolute atomic E-state index is 11.1. The first kappa shape index (κ1) is 22.5. The molecule has 0 spiro atoms. The number of anilines is 1. The molecule has 0 aliphatic carbocycles. The lowest BCUT2D eigenvalue weighted by Crippen LogP contribution is -2.01. The Hall–Kier alpha value is -2.51. The molecule has 0 unspecified atom stereocenters. The number of hydrazone groups is 1. The third kappa shape index (κ3) is 9.12. The van der Waals surface area contributed by atoms with Crippen LogP contribution in [0, 0.1) is 20.2 Å². The summed E-state index contributed by atoms with van der Waals surface area (Å²) in [6.45, 7) is 4.09. The van der Waals surface area contributed by atoms with Crippen LogP contribution in [0.5, 0.6) is 0 Å². The van der Waals surface area contributed by atoms with Crippen molar-refractivity contribution in [1.82, 2.24) is 0 Å². The fourth-order valence-corrected chi connectivity index (χ4v) is 2.78. The highest BCUT2D eigenvalue weighted by atomic mass is 16.6. The summed E-state index contributed by atoms with van der Waals surface area (Å²) in [6, 6.07) is 3.47. The first-order valence-corrected chi connectivity index (χ1v) is 9.67. The number of nitrogens with one attached hydrogen (secondary N) is 1. The van der Waals surface area contributed by atoms with Crippen molar-refractivity contribution >= 4 is 22.8 Å². The molecule has 1 N–H and O–H groups in total. The summed E-state index contributed by atoms with van der Waals surface area (Å²) in [7, 11) is 0. The van der Waals surface area contributed by atoms with Gasteiger partial charge in [-0.05, 0) is 25.8 Å². The number of nitro benzene ring substituents is 2. The van der Waals surface area contributed by atoms with Crippen LogP contribution < -0.4 is 5.43 Å². The fraction of sp³-hybridized carbons (Fsp3) is 0.632. The van der Waals surface area contributed by atoms with Gasteiger partial charge in [0.05, 0.1) is 15.9 Å². The monoisotopic (exact) mass is 378 g/mol. The van der Waals surface area contributed by atoms with Crippen molar-refractivity contribution in [1.29, 1.82) is 0 Å². The van der Waals surface area contributed by atoms with E-state index in [0.29, 0.717) is 0 Å². The lowest BCUT2D eigenvalue weighted by molar-refractivity contribution is -0.393. The smallest absolute Gasteiger partial charge is 0.272 e. The van der Waals surface area contributed by atoms with Gasteiger partial charge in [0.1, 0.15) is 5.69 Å². The van der Waals surface area contributed by atoms with Crippen molar-refractivity contribution in [3.05, 3.63) is 38.4 Å². The minimum atomic E-state index is -0.658. The Morgan fingerprint density at radius 2 is 1.56 bits per heavy atom. The van der Waals surface area contributed by atoms with E-state index >= 15 is 0 Å². The molecule has 1 rings (SSSR count). The highest BCUT2D eigenvalue weighted by molar-refractivity contribution is 5.83. The molecular formula is C19H30N4O4. The lowest BCUT2D eigenvalue weighted by atomic mass is 10.1. The quantitative estimate of drug-likeness (QED) is 0.179. The van der Waals surface area contributed by atoms with Crippen molar-refractivity contribution in [2.45, 2.75) is 78.1 Å². The topological polar surface area (TPSA) is 111 Å². The number of unbranched alkanes of at least 4 members (excludes halogenated alkanes) is 8. The second kappa shape index (κ2) is 12.8. The normalized spacial score (nSPS) is 11.4. The molecule has 0 radical (unpaired) electrons. The van der Waals surface area contributed by atoms with E-state index in [-0.39, 0.29) is 17.1 Å². The maximum atomic E-state index is 11.1. The zero-order valence-corrected chi connectivity index (χ0v) is 16.3. The predicted molar refractivity (Wildman–Crippen MR) is 108 cm³/mol. The Morgan fingerprint density at radius 1 is 0.963 bits per heavy atom. The zero-order chi connectivity index (χ0) is 20.1. The number of hydrogen-bond acceptors (Lipinski definition) is 6. The summed E-state index contributed by atoms with van der Waals surface area (Å²) in [4.78, 5) is 20.5. The van der Waals surface area contributed by atoms with E-state index in [1.165, 1.54) is 57.1 Å². The van der Waals surface area contributed by atoms with Gasteiger partial charge in [-0.1, -0.05) is 58.3 Å². The van der Waals surface area contributed by atoms with E-state index in [9.17, 15) is 20.2 Å². The number of nitro groups is 2. The molecule has 0 fully saturated rings. The van der Waals surface area contributed by atoms with Crippen LogP contribution >= 0.6 is 0 Å². The summed E-state index contributed by atoms with van der Waals surface area (Å²) in [5.41, 5.74) is 2.99. The third-order valence-corrected chi connectivity index (χ3v) is 4.40. The summed E-state index contributed by atoms with van der Waals surface area (Å²) in [6.07, 6.45) is 12.1. The predicted octanol–water partition coefficient (Wildman–Crippen LogP) is 6.21. The van der Waals surface area contributed by atoms with Crippen molar-refractivity contribution in [3.8, 4) is 0 Å². The molecule has 0 bridgehead atoms. The third-order valence-electron chi connectivity index (χ3n) is 4.40. The summed E-state index contributed by atoms with van der Waals surface area (Å²) < 4.78 is 0. The van der Waals surface area contributed by atoms with Gasteiger partial charge in [0.2, 0.25) is 0 Å². The van der Waals surface area contributed by atoms with Crippen LogP contribution in [0.1, 0.15) is 78.1 Å². The molecule has 0 saturated carbocycles. The average molecular weight is 378 g/mol. The molecule has 8 nitrogen and oxygen atoms in total. The van der Waals surface area contributed by atoms with Crippen molar-refractivity contribution in [3.63, 3.8) is 0 Å². The van der Waals surface area contributed by atoms with Crippen LogP contribution in [0.25, 0.3) is 0 Å². The number of nitrogens with zero attached hydrogens (tertiary/aromatic N) is 3. The minimum Gasteiger partial charge on any atom is -0.272 e. The van der Waals surface area contributed by atoms with Crippen molar-refractivity contribution < 1.29 is 9.85 Å². The van der Waals surface area contributed by atoms with E-state index in [1.54, 1.807) is 0 Å². The number of non-ortho nitro benzene ring substituents is 1. The molecular weight excluding hydrogens is 348 g/mol. The Bertz CT molecular complexity index is 647. The minimum absolute atomic E-state index is 0.150. The Kier molecular flexibility index (Phi) is 10.7. The number of hydrogen-bond donors (Lipinski definition) is 1. The van der Waals surface area contributed by atoms with E-state index < -0.39 is 9.85 Å². The Labute approximate surface area is 160 Å². The van der Waals surface area contributed by atoms with Gasteiger partial charge in [-0.25, -0.2) is 0 Å². The van der Waals surface area contributed by atoms with E-state index in [1.807, 2.05) is 6.92 Å². The summed E-state index contributed by atoms with van der Waals surface area (Å²) in [5, 5.41) is 26.0. The fourth-order valence-electron chi connectivity index (χ4n) is 2.78. The maximum Gasteiger partial charge on any atom is 0.301 e. The Balaban J connectivity index is 2.37. The van der Waals surface area contributed by atoms with Gasteiger partial charge in [0.15, 0.2) is 0 Å². The van der Waals surface area contributed by atoms with Crippen molar-refractivity contribution in [2.75, 3.05) is 5.43 Å². The van der Waals surface area contributed by atoms with Crippen LogP contribution in [0.4, 0.5) is 17.1 Å². The molecule has 0 aliphatic rings. The zero-order valence-electron chi connectivity index (χ0n) is 16.3. The summed E-state index contributed by atoms with van der Waals surface area (Å²) >= 11 is 0. The van der Waals surface area contributed by atoms with Crippen LogP contribution in [0.3, 0.4) is 0 Å². The van der Waals surface area contributed by atoms with E-state index in [4.69, 9.17) is 0 Å². The van der Waals surface area contributed by atoms with Gasteiger partial charge >= 0.3 is 5.69 Å². The van der Waals surface area contributed by atoms with Crippen LogP contribution in [0.15, 0.2) is 23.3 Å².